The van der Waals surface area contributed by atoms with Gasteiger partial charge in [0.2, 0.25) is 0 Å². The van der Waals surface area contributed by atoms with Crippen LogP contribution >= 0.6 is 0 Å². The first-order valence-corrected chi connectivity index (χ1v) is 6.77. The van der Waals surface area contributed by atoms with Crippen molar-refractivity contribution in [3.8, 4) is 11.8 Å². The van der Waals surface area contributed by atoms with Crippen molar-refractivity contribution < 1.29 is 4.74 Å². The molecule has 2 saturated carbocycles. The lowest BCUT2D eigenvalue weighted by Gasteiger charge is -2.41. The minimum atomic E-state index is -0.252. The molecule has 2 heteroatoms. The third kappa shape index (κ3) is 1.79. The normalized spacial score (nSPS) is 30.4. The smallest absolute Gasteiger partial charge is 0.119 e. The van der Waals surface area contributed by atoms with Crippen LogP contribution in [0.3, 0.4) is 0 Å². The molecule has 2 fully saturated rings. The van der Waals surface area contributed by atoms with Crippen LogP contribution in [0, 0.1) is 17.2 Å². The molecule has 0 bridgehead atoms. The van der Waals surface area contributed by atoms with E-state index in [-0.39, 0.29) is 5.41 Å². The van der Waals surface area contributed by atoms with Gasteiger partial charge in [-0.05, 0) is 60.8 Å². The van der Waals surface area contributed by atoms with E-state index < -0.39 is 0 Å². The number of methoxy groups -OCH3 is 1. The maximum Gasteiger partial charge on any atom is 0.119 e. The number of rotatable bonds is 3. The Morgan fingerprint density at radius 2 is 2.00 bits per heavy atom. The van der Waals surface area contributed by atoms with Crippen LogP contribution in [-0.4, -0.2) is 7.11 Å². The molecule has 3 rings (SSSR count). The van der Waals surface area contributed by atoms with Crippen LogP contribution in [0.15, 0.2) is 18.2 Å². The lowest BCUT2D eigenvalue weighted by molar-refractivity contribution is 0.216. The van der Waals surface area contributed by atoms with Gasteiger partial charge in [0, 0.05) is 0 Å². The summed E-state index contributed by atoms with van der Waals surface area (Å²) >= 11 is 0. The second-order valence-corrected chi connectivity index (χ2v) is 5.98. The first-order valence-electron chi connectivity index (χ1n) is 6.77. The molecule has 0 atom stereocenters. The maximum absolute atomic E-state index is 9.53. The molecule has 2 aliphatic carbocycles. The first-order chi connectivity index (χ1) is 8.66. The topological polar surface area (TPSA) is 33.0 Å². The third-order valence-electron chi connectivity index (χ3n) is 4.37. The Kier molecular flexibility index (Phi) is 2.59. The number of ether oxygens (including phenoxy) is 1. The molecule has 0 amide bonds. The van der Waals surface area contributed by atoms with Gasteiger partial charge in [-0.1, -0.05) is 13.0 Å². The summed E-state index contributed by atoms with van der Waals surface area (Å²) in [6.45, 7) is 2.22. The van der Waals surface area contributed by atoms with Crippen LogP contribution in [-0.2, 0) is 5.41 Å². The van der Waals surface area contributed by atoms with Gasteiger partial charge in [-0.25, -0.2) is 0 Å². The summed E-state index contributed by atoms with van der Waals surface area (Å²) in [4.78, 5) is 0. The van der Waals surface area contributed by atoms with Crippen LogP contribution < -0.4 is 4.74 Å². The van der Waals surface area contributed by atoms with Gasteiger partial charge < -0.3 is 4.74 Å². The summed E-state index contributed by atoms with van der Waals surface area (Å²) in [7, 11) is 1.71. The van der Waals surface area contributed by atoms with Crippen molar-refractivity contribution in [2.75, 3.05) is 7.11 Å². The summed E-state index contributed by atoms with van der Waals surface area (Å²) in [6.07, 6.45) is 4.53. The Bertz CT molecular complexity index is 504. The lowest BCUT2D eigenvalue weighted by atomic mass is 9.60. The van der Waals surface area contributed by atoms with E-state index in [9.17, 15) is 5.26 Å². The number of nitrogens with zero attached hydrogens (tertiary/aromatic N) is 1. The lowest BCUT2D eigenvalue weighted by Crippen LogP contribution is -2.38. The molecule has 1 aromatic rings. The minimum Gasteiger partial charge on any atom is -0.497 e. The Balaban J connectivity index is 2.00. The largest absolute Gasteiger partial charge is 0.497 e. The fourth-order valence-corrected chi connectivity index (χ4v) is 3.19. The van der Waals surface area contributed by atoms with Crippen LogP contribution in [0.5, 0.6) is 5.75 Å². The van der Waals surface area contributed by atoms with E-state index in [4.69, 9.17) is 4.74 Å². The highest BCUT2D eigenvalue weighted by Gasteiger charge is 2.44. The Hall–Kier alpha value is -1.49. The molecule has 94 valence electrons. The van der Waals surface area contributed by atoms with Gasteiger partial charge in [-0.3, -0.25) is 0 Å². The van der Waals surface area contributed by atoms with Crippen LogP contribution in [0.1, 0.15) is 49.7 Å². The summed E-state index contributed by atoms with van der Waals surface area (Å²) in [5.74, 6) is 2.27. The highest BCUT2D eigenvalue weighted by Crippen LogP contribution is 2.50. The van der Waals surface area contributed by atoms with Crippen molar-refractivity contribution in [3.05, 3.63) is 29.3 Å². The van der Waals surface area contributed by atoms with Gasteiger partial charge in [0.25, 0.3) is 0 Å². The second kappa shape index (κ2) is 4.02. The standard InChI is InChI=1S/C16H19NO/c1-11-8-16(9-11,10-17)14-5-13(12-3-4-12)6-15(7-14)18-2/h5-7,11-12H,3-4,8-9H2,1-2H3. The van der Waals surface area contributed by atoms with E-state index in [2.05, 4.69) is 31.2 Å². The first kappa shape index (κ1) is 11.6. The van der Waals surface area contributed by atoms with Crippen molar-refractivity contribution >= 4 is 0 Å². The summed E-state index contributed by atoms with van der Waals surface area (Å²) in [6, 6.07) is 8.98. The minimum absolute atomic E-state index is 0.252. The van der Waals surface area contributed by atoms with Crippen LogP contribution in [0.4, 0.5) is 0 Å². The number of hydrogen-bond donors (Lipinski definition) is 0. The van der Waals surface area contributed by atoms with Gasteiger partial charge >= 0.3 is 0 Å². The molecule has 1 aromatic carbocycles. The summed E-state index contributed by atoms with van der Waals surface area (Å²) in [5, 5.41) is 9.53. The molecular formula is C16H19NO. The molecule has 0 saturated heterocycles. The molecule has 2 aliphatic rings. The zero-order valence-electron chi connectivity index (χ0n) is 11.1. The molecule has 0 aromatic heterocycles. The van der Waals surface area contributed by atoms with Gasteiger partial charge in [-0.15, -0.1) is 0 Å². The molecule has 0 spiro atoms. The molecule has 0 heterocycles. The van der Waals surface area contributed by atoms with Crippen molar-refractivity contribution in [2.24, 2.45) is 5.92 Å². The van der Waals surface area contributed by atoms with Crippen molar-refractivity contribution in [1.82, 2.24) is 0 Å². The fourth-order valence-electron chi connectivity index (χ4n) is 3.19. The van der Waals surface area contributed by atoms with Crippen molar-refractivity contribution in [2.45, 2.75) is 43.9 Å². The van der Waals surface area contributed by atoms with E-state index in [0.717, 1.165) is 18.6 Å². The fraction of sp³-hybridized carbons (Fsp3) is 0.562. The van der Waals surface area contributed by atoms with Gasteiger partial charge in [0.05, 0.1) is 18.6 Å². The highest BCUT2D eigenvalue weighted by molar-refractivity contribution is 5.45. The molecule has 0 unspecified atom stereocenters. The average molecular weight is 241 g/mol. The third-order valence-corrected chi connectivity index (χ3v) is 4.37. The Morgan fingerprint density at radius 3 is 2.50 bits per heavy atom. The monoisotopic (exact) mass is 241 g/mol. The van der Waals surface area contributed by atoms with Crippen LogP contribution in [0.2, 0.25) is 0 Å². The maximum atomic E-state index is 9.53. The zero-order valence-corrected chi connectivity index (χ0v) is 11.1. The van der Waals surface area contributed by atoms with Crippen LogP contribution in [0.25, 0.3) is 0 Å². The number of hydrogen-bond acceptors (Lipinski definition) is 2. The second-order valence-electron chi connectivity index (χ2n) is 5.98. The SMILES string of the molecule is COc1cc(C2CC2)cc(C2(C#N)CC(C)C2)c1. The van der Waals surface area contributed by atoms with Gasteiger partial charge in [0.15, 0.2) is 0 Å². The molecule has 0 aliphatic heterocycles. The van der Waals surface area contributed by atoms with E-state index >= 15 is 0 Å². The van der Waals surface area contributed by atoms with Crippen molar-refractivity contribution in [1.29, 1.82) is 5.26 Å². The quantitative estimate of drug-likeness (QED) is 0.807. The van der Waals surface area contributed by atoms with Gasteiger partial charge in [-0.2, -0.15) is 5.26 Å². The van der Waals surface area contributed by atoms with E-state index in [0.29, 0.717) is 11.8 Å². The molecular weight excluding hydrogens is 222 g/mol. The van der Waals surface area contributed by atoms with E-state index in [1.54, 1.807) is 7.11 Å². The molecule has 18 heavy (non-hydrogen) atoms. The number of nitriles is 1. The molecule has 2 nitrogen and oxygen atoms in total. The predicted octanol–water partition coefficient (Wildman–Crippen LogP) is 3.76. The Morgan fingerprint density at radius 1 is 1.28 bits per heavy atom. The van der Waals surface area contributed by atoms with Crippen molar-refractivity contribution in [3.63, 3.8) is 0 Å². The zero-order chi connectivity index (χ0) is 12.8. The molecule has 0 N–H and O–H groups in total. The molecule has 0 radical (unpaired) electrons. The van der Waals surface area contributed by atoms with E-state index in [1.165, 1.54) is 24.0 Å². The van der Waals surface area contributed by atoms with E-state index in [1.807, 2.05) is 0 Å². The summed E-state index contributed by atoms with van der Waals surface area (Å²) < 4.78 is 5.40. The summed E-state index contributed by atoms with van der Waals surface area (Å²) in [5.41, 5.74) is 2.28. The Labute approximate surface area is 109 Å². The predicted molar refractivity (Wildman–Crippen MR) is 70.7 cm³/mol. The highest BCUT2D eigenvalue weighted by atomic mass is 16.5. The van der Waals surface area contributed by atoms with Gasteiger partial charge in [0.1, 0.15) is 5.75 Å². The average Bonchev–Trinajstić information content (AvgIpc) is 3.18. The number of benzene rings is 1.